The highest BCUT2D eigenvalue weighted by Gasteiger charge is 2.20. The van der Waals surface area contributed by atoms with Crippen LogP contribution in [-0.4, -0.2) is 17.9 Å². The SMILES string of the molecule is CCC(C)NC(=O)c1ccc(/C=C2/Sc3ccccc3NC2=O)cc1. The number of rotatable bonds is 4. The monoisotopic (exact) mass is 352 g/mol. The molecule has 1 atom stereocenters. The van der Waals surface area contributed by atoms with Crippen LogP contribution < -0.4 is 10.6 Å². The molecule has 128 valence electrons. The van der Waals surface area contributed by atoms with Crippen LogP contribution in [0, 0.1) is 0 Å². The Morgan fingerprint density at radius 1 is 1.20 bits per heavy atom. The fourth-order valence-electron chi connectivity index (χ4n) is 2.39. The quantitative estimate of drug-likeness (QED) is 0.807. The van der Waals surface area contributed by atoms with E-state index in [0.717, 1.165) is 22.6 Å². The Hall–Kier alpha value is -2.53. The minimum atomic E-state index is -0.109. The molecule has 4 nitrogen and oxygen atoms in total. The topological polar surface area (TPSA) is 58.2 Å². The third kappa shape index (κ3) is 4.12. The van der Waals surface area contributed by atoms with Crippen LogP contribution in [-0.2, 0) is 4.79 Å². The van der Waals surface area contributed by atoms with Gasteiger partial charge in [-0.25, -0.2) is 0 Å². The molecule has 5 heteroatoms. The van der Waals surface area contributed by atoms with Crippen LogP contribution in [0.1, 0.15) is 36.2 Å². The van der Waals surface area contributed by atoms with Gasteiger partial charge in [-0.2, -0.15) is 0 Å². The van der Waals surface area contributed by atoms with Gasteiger partial charge in [-0.1, -0.05) is 43.0 Å². The standard InChI is InChI=1S/C20H20N2O2S/c1-3-13(2)21-19(23)15-10-8-14(9-11-15)12-18-20(24)22-16-6-4-5-7-17(16)25-18/h4-13H,3H2,1-2H3,(H,21,23)(H,22,24)/b18-12+. The molecule has 25 heavy (non-hydrogen) atoms. The zero-order chi connectivity index (χ0) is 17.8. The number of nitrogens with one attached hydrogen (secondary N) is 2. The smallest absolute Gasteiger partial charge is 0.262 e. The van der Waals surface area contributed by atoms with Gasteiger partial charge >= 0.3 is 0 Å². The molecular weight excluding hydrogens is 332 g/mol. The fraction of sp³-hybridized carbons (Fsp3) is 0.200. The maximum absolute atomic E-state index is 12.2. The molecule has 0 saturated carbocycles. The summed E-state index contributed by atoms with van der Waals surface area (Å²) < 4.78 is 0. The van der Waals surface area contributed by atoms with Crippen molar-refractivity contribution < 1.29 is 9.59 Å². The molecule has 0 bridgehead atoms. The molecule has 2 N–H and O–H groups in total. The molecule has 1 unspecified atom stereocenters. The zero-order valence-electron chi connectivity index (χ0n) is 14.2. The molecule has 1 aliphatic heterocycles. The molecule has 2 amide bonds. The van der Waals surface area contributed by atoms with Crippen molar-refractivity contribution in [3.8, 4) is 0 Å². The largest absolute Gasteiger partial charge is 0.350 e. The summed E-state index contributed by atoms with van der Waals surface area (Å²) in [6.45, 7) is 4.01. The van der Waals surface area contributed by atoms with Gasteiger partial charge in [-0.3, -0.25) is 9.59 Å². The molecule has 2 aromatic rings. The number of hydrogen-bond donors (Lipinski definition) is 2. The van der Waals surface area contributed by atoms with Crippen molar-refractivity contribution in [2.75, 3.05) is 5.32 Å². The van der Waals surface area contributed by atoms with E-state index >= 15 is 0 Å². The summed E-state index contributed by atoms with van der Waals surface area (Å²) in [4.78, 5) is 26.0. The second kappa shape index (κ2) is 7.57. The van der Waals surface area contributed by atoms with Crippen molar-refractivity contribution in [1.82, 2.24) is 5.32 Å². The van der Waals surface area contributed by atoms with Gasteiger partial charge in [0, 0.05) is 16.5 Å². The number of fused-ring (bicyclic) bond motifs is 1. The summed E-state index contributed by atoms with van der Waals surface area (Å²) in [5, 5.41) is 5.84. The summed E-state index contributed by atoms with van der Waals surface area (Å²) in [6.07, 6.45) is 2.73. The Balaban J connectivity index is 1.76. The van der Waals surface area contributed by atoms with Crippen LogP contribution in [0.5, 0.6) is 0 Å². The van der Waals surface area contributed by atoms with Gasteiger partial charge < -0.3 is 10.6 Å². The van der Waals surface area contributed by atoms with E-state index in [-0.39, 0.29) is 17.9 Å². The molecule has 1 heterocycles. The number of carbonyl (C=O) groups is 2. The van der Waals surface area contributed by atoms with E-state index < -0.39 is 0 Å². The Kier molecular flexibility index (Phi) is 5.24. The number of benzene rings is 2. The van der Waals surface area contributed by atoms with E-state index in [2.05, 4.69) is 10.6 Å². The van der Waals surface area contributed by atoms with E-state index in [0.29, 0.717) is 10.5 Å². The van der Waals surface area contributed by atoms with Gasteiger partial charge in [0.05, 0.1) is 10.6 Å². The first-order valence-electron chi connectivity index (χ1n) is 8.27. The van der Waals surface area contributed by atoms with Crippen LogP contribution in [0.2, 0.25) is 0 Å². The number of carbonyl (C=O) groups excluding carboxylic acids is 2. The van der Waals surface area contributed by atoms with Crippen molar-refractivity contribution in [2.24, 2.45) is 0 Å². The lowest BCUT2D eigenvalue weighted by Crippen LogP contribution is -2.31. The summed E-state index contributed by atoms with van der Waals surface area (Å²) in [5.41, 5.74) is 2.34. The summed E-state index contributed by atoms with van der Waals surface area (Å²) in [5.74, 6) is -0.186. The predicted octanol–water partition coefficient (Wildman–Crippen LogP) is 4.30. The maximum Gasteiger partial charge on any atom is 0.262 e. The number of para-hydroxylation sites is 1. The fourth-order valence-corrected chi connectivity index (χ4v) is 3.35. The Labute approximate surface area is 151 Å². The van der Waals surface area contributed by atoms with E-state index in [4.69, 9.17) is 0 Å². The van der Waals surface area contributed by atoms with E-state index in [1.54, 1.807) is 12.1 Å². The van der Waals surface area contributed by atoms with Gasteiger partial charge in [0.15, 0.2) is 0 Å². The lowest BCUT2D eigenvalue weighted by Gasteiger charge is -2.18. The van der Waals surface area contributed by atoms with Gasteiger partial charge in [-0.15, -0.1) is 0 Å². The normalized spacial score (nSPS) is 16.1. The second-order valence-electron chi connectivity index (χ2n) is 5.97. The second-order valence-corrected chi connectivity index (χ2v) is 7.05. The number of anilines is 1. The van der Waals surface area contributed by atoms with Crippen LogP contribution in [0.15, 0.2) is 58.3 Å². The Morgan fingerprint density at radius 2 is 1.92 bits per heavy atom. The maximum atomic E-state index is 12.2. The summed E-state index contributed by atoms with van der Waals surface area (Å²) in [6, 6.07) is 15.1. The van der Waals surface area contributed by atoms with Crippen LogP contribution in [0.4, 0.5) is 5.69 Å². The van der Waals surface area contributed by atoms with Crippen molar-refractivity contribution >= 4 is 35.3 Å². The minimum Gasteiger partial charge on any atom is -0.350 e. The lowest BCUT2D eigenvalue weighted by molar-refractivity contribution is -0.112. The third-order valence-corrected chi connectivity index (χ3v) is 5.14. The van der Waals surface area contributed by atoms with Gasteiger partial charge in [0.25, 0.3) is 11.8 Å². The van der Waals surface area contributed by atoms with Gasteiger partial charge in [0.1, 0.15) is 0 Å². The highest BCUT2D eigenvalue weighted by atomic mass is 32.2. The number of thioether (sulfide) groups is 1. The first kappa shape index (κ1) is 17.3. The van der Waals surface area contributed by atoms with E-state index in [9.17, 15) is 9.59 Å². The number of amides is 2. The highest BCUT2D eigenvalue weighted by Crippen LogP contribution is 2.38. The zero-order valence-corrected chi connectivity index (χ0v) is 15.0. The highest BCUT2D eigenvalue weighted by molar-refractivity contribution is 8.04. The molecule has 3 rings (SSSR count). The molecule has 0 spiro atoms. The number of hydrogen-bond acceptors (Lipinski definition) is 3. The molecule has 0 radical (unpaired) electrons. The van der Waals surface area contributed by atoms with Crippen LogP contribution >= 0.6 is 11.8 Å². The van der Waals surface area contributed by atoms with Crippen LogP contribution in [0.25, 0.3) is 6.08 Å². The van der Waals surface area contributed by atoms with Crippen molar-refractivity contribution in [3.05, 3.63) is 64.6 Å². The molecule has 0 fully saturated rings. The summed E-state index contributed by atoms with van der Waals surface area (Å²) in [7, 11) is 0. The molecule has 0 aliphatic carbocycles. The Bertz CT molecular complexity index is 828. The molecule has 2 aromatic carbocycles. The summed E-state index contributed by atoms with van der Waals surface area (Å²) >= 11 is 1.45. The molecular formula is C20H20N2O2S. The molecule has 0 aromatic heterocycles. The van der Waals surface area contributed by atoms with E-state index in [1.165, 1.54) is 11.8 Å². The third-order valence-electron chi connectivity index (χ3n) is 4.04. The van der Waals surface area contributed by atoms with Crippen molar-refractivity contribution in [3.63, 3.8) is 0 Å². The lowest BCUT2D eigenvalue weighted by atomic mass is 10.1. The minimum absolute atomic E-state index is 0.0766. The van der Waals surface area contributed by atoms with Crippen molar-refractivity contribution in [2.45, 2.75) is 31.2 Å². The molecule has 0 saturated heterocycles. The van der Waals surface area contributed by atoms with Crippen LogP contribution in [0.3, 0.4) is 0 Å². The average molecular weight is 352 g/mol. The van der Waals surface area contributed by atoms with E-state index in [1.807, 2.05) is 56.3 Å². The van der Waals surface area contributed by atoms with Gasteiger partial charge in [0.2, 0.25) is 0 Å². The first-order chi connectivity index (χ1) is 12.1. The first-order valence-corrected chi connectivity index (χ1v) is 9.09. The average Bonchev–Trinajstić information content (AvgIpc) is 2.62. The predicted molar refractivity (Wildman–Crippen MR) is 103 cm³/mol. The Morgan fingerprint density at radius 3 is 2.64 bits per heavy atom. The van der Waals surface area contributed by atoms with Crippen molar-refractivity contribution in [1.29, 1.82) is 0 Å². The van der Waals surface area contributed by atoms with Gasteiger partial charge in [-0.05, 0) is 49.2 Å². The molecule has 1 aliphatic rings.